The molecule has 0 unspecified atom stereocenters. The number of fused-ring (bicyclic) bond motifs is 1. The number of nitrogens with zero attached hydrogens (tertiary/aromatic N) is 3. The zero-order chi connectivity index (χ0) is 13.1. The topological polar surface area (TPSA) is 83.9 Å². The molecule has 3 N–H and O–H groups in total. The number of aromatic nitrogens is 2. The van der Waals surface area contributed by atoms with Crippen LogP contribution in [0.2, 0.25) is 0 Å². The second-order valence-corrected chi connectivity index (χ2v) is 4.15. The zero-order valence-electron chi connectivity index (χ0n) is 10.2. The van der Waals surface area contributed by atoms with Crippen molar-refractivity contribution in [2.24, 2.45) is 5.73 Å². The first-order valence-electron chi connectivity index (χ1n) is 5.71. The average Bonchev–Trinajstić information content (AvgIpc) is 2.77. The number of aliphatic carboxylic acids is 1. The molecule has 0 amide bonds. The smallest absolute Gasteiger partial charge is 0.305 e. The number of hydrogen-bond acceptors (Lipinski definition) is 4. The third-order valence-electron chi connectivity index (χ3n) is 2.80. The van der Waals surface area contributed by atoms with Crippen molar-refractivity contribution in [2.45, 2.75) is 13.0 Å². The maximum Gasteiger partial charge on any atom is 0.305 e. The quantitative estimate of drug-likeness (QED) is 0.814. The Bertz CT molecular complexity index is 564. The Morgan fingerprint density at radius 3 is 2.94 bits per heavy atom. The number of pyridine rings is 1. The highest BCUT2D eigenvalue weighted by atomic mass is 16.4. The molecule has 0 radical (unpaired) electrons. The Morgan fingerprint density at radius 2 is 2.28 bits per heavy atom. The Hall–Kier alpha value is -2.08. The minimum atomic E-state index is -0.795. The van der Waals surface area contributed by atoms with E-state index in [9.17, 15) is 4.79 Å². The van der Waals surface area contributed by atoms with E-state index in [1.165, 1.54) is 0 Å². The molecular weight excluding hydrogens is 232 g/mol. The van der Waals surface area contributed by atoms with Crippen LogP contribution in [0.15, 0.2) is 24.5 Å². The van der Waals surface area contributed by atoms with Crippen LogP contribution in [-0.2, 0) is 11.3 Å². The van der Waals surface area contributed by atoms with Gasteiger partial charge in [0.25, 0.3) is 0 Å². The van der Waals surface area contributed by atoms with Gasteiger partial charge in [-0.25, -0.2) is 4.98 Å². The fourth-order valence-electron chi connectivity index (χ4n) is 1.75. The van der Waals surface area contributed by atoms with Crippen molar-refractivity contribution in [3.8, 4) is 0 Å². The summed E-state index contributed by atoms with van der Waals surface area (Å²) in [6, 6.07) is 3.82. The summed E-state index contributed by atoms with van der Waals surface area (Å²) < 4.78 is 1.90. The molecule has 0 aliphatic carbocycles. The molecule has 6 nitrogen and oxygen atoms in total. The van der Waals surface area contributed by atoms with Crippen LogP contribution in [-0.4, -0.2) is 34.1 Å². The van der Waals surface area contributed by atoms with Gasteiger partial charge in [-0.3, -0.25) is 4.79 Å². The lowest BCUT2D eigenvalue weighted by Crippen LogP contribution is -2.21. The molecule has 6 heteroatoms. The second-order valence-electron chi connectivity index (χ2n) is 4.15. The Kier molecular flexibility index (Phi) is 3.47. The van der Waals surface area contributed by atoms with Crippen molar-refractivity contribution in [3.05, 3.63) is 30.2 Å². The minimum absolute atomic E-state index is 0.118. The van der Waals surface area contributed by atoms with Crippen LogP contribution in [0.1, 0.15) is 12.1 Å². The predicted molar refractivity (Wildman–Crippen MR) is 68.6 cm³/mol. The molecule has 0 saturated heterocycles. The van der Waals surface area contributed by atoms with Gasteiger partial charge in [0.15, 0.2) is 0 Å². The van der Waals surface area contributed by atoms with Crippen LogP contribution in [0.3, 0.4) is 0 Å². The number of anilines is 1. The highest BCUT2D eigenvalue weighted by Gasteiger charge is 2.06. The third-order valence-corrected chi connectivity index (χ3v) is 2.80. The molecule has 18 heavy (non-hydrogen) atoms. The molecule has 0 aliphatic rings. The minimum Gasteiger partial charge on any atom is -0.481 e. The standard InChI is InChI=1S/C12H16N4O2/c1-15(5-4-12(17)18)10-2-3-11-14-9(6-13)7-16(11)8-10/h2-3,7-8H,4-6,13H2,1H3,(H,17,18). The van der Waals surface area contributed by atoms with Gasteiger partial charge >= 0.3 is 5.97 Å². The summed E-state index contributed by atoms with van der Waals surface area (Å²) in [5.74, 6) is -0.795. The van der Waals surface area contributed by atoms with E-state index in [1.807, 2.05) is 40.9 Å². The molecule has 0 bridgehead atoms. The number of hydrogen-bond donors (Lipinski definition) is 2. The monoisotopic (exact) mass is 248 g/mol. The number of carbonyl (C=O) groups is 1. The summed E-state index contributed by atoms with van der Waals surface area (Å²) in [6.45, 7) is 0.880. The fraction of sp³-hybridized carbons (Fsp3) is 0.333. The van der Waals surface area contributed by atoms with Gasteiger partial charge in [-0.1, -0.05) is 0 Å². The molecule has 0 atom stereocenters. The van der Waals surface area contributed by atoms with Crippen molar-refractivity contribution in [1.82, 2.24) is 9.38 Å². The van der Waals surface area contributed by atoms with E-state index in [1.54, 1.807) is 0 Å². The van der Waals surface area contributed by atoms with Crippen molar-refractivity contribution >= 4 is 17.3 Å². The number of rotatable bonds is 5. The first-order valence-corrected chi connectivity index (χ1v) is 5.71. The van der Waals surface area contributed by atoms with Crippen LogP contribution >= 0.6 is 0 Å². The predicted octanol–water partition coefficient (Wildman–Crippen LogP) is 0.704. The highest BCUT2D eigenvalue weighted by molar-refractivity contribution is 5.67. The Labute approximate surface area is 105 Å². The van der Waals surface area contributed by atoms with E-state index < -0.39 is 5.97 Å². The van der Waals surface area contributed by atoms with Gasteiger partial charge in [0.05, 0.1) is 17.8 Å². The van der Waals surface area contributed by atoms with Crippen LogP contribution in [0, 0.1) is 0 Å². The first-order chi connectivity index (χ1) is 8.60. The van der Waals surface area contributed by atoms with Crippen molar-refractivity contribution in [1.29, 1.82) is 0 Å². The van der Waals surface area contributed by atoms with Crippen molar-refractivity contribution in [3.63, 3.8) is 0 Å². The van der Waals surface area contributed by atoms with E-state index in [4.69, 9.17) is 10.8 Å². The number of carboxylic acids is 1. The summed E-state index contributed by atoms with van der Waals surface area (Å²) >= 11 is 0. The van der Waals surface area contributed by atoms with E-state index in [0.717, 1.165) is 17.0 Å². The molecule has 0 fully saturated rings. The molecule has 2 aromatic rings. The second kappa shape index (κ2) is 5.05. The summed E-state index contributed by atoms with van der Waals surface area (Å²) in [4.78, 5) is 16.8. The number of carboxylic acid groups (broad SMARTS) is 1. The fourth-order valence-corrected chi connectivity index (χ4v) is 1.75. The zero-order valence-corrected chi connectivity index (χ0v) is 10.2. The van der Waals surface area contributed by atoms with Crippen LogP contribution < -0.4 is 10.6 Å². The molecule has 0 spiro atoms. The van der Waals surface area contributed by atoms with Crippen molar-refractivity contribution < 1.29 is 9.90 Å². The van der Waals surface area contributed by atoms with E-state index in [0.29, 0.717) is 13.1 Å². The molecule has 0 saturated carbocycles. The van der Waals surface area contributed by atoms with Crippen LogP contribution in [0.5, 0.6) is 0 Å². The lowest BCUT2D eigenvalue weighted by molar-refractivity contribution is -0.136. The van der Waals surface area contributed by atoms with Crippen LogP contribution in [0.25, 0.3) is 5.65 Å². The van der Waals surface area contributed by atoms with Gasteiger partial charge in [-0.05, 0) is 12.1 Å². The molecule has 0 aliphatic heterocycles. The lowest BCUT2D eigenvalue weighted by Gasteiger charge is -2.18. The summed E-state index contributed by atoms with van der Waals surface area (Å²) in [6.07, 6.45) is 3.92. The van der Waals surface area contributed by atoms with Crippen LogP contribution in [0.4, 0.5) is 5.69 Å². The number of imidazole rings is 1. The molecule has 0 aromatic carbocycles. The summed E-state index contributed by atoms with van der Waals surface area (Å²) in [5, 5.41) is 8.66. The van der Waals surface area contributed by atoms with Gasteiger partial charge in [0.2, 0.25) is 0 Å². The molecule has 2 rings (SSSR count). The average molecular weight is 248 g/mol. The molecule has 96 valence electrons. The van der Waals surface area contributed by atoms with Gasteiger partial charge in [0.1, 0.15) is 5.65 Å². The highest BCUT2D eigenvalue weighted by Crippen LogP contribution is 2.15. The third kappa shape index (κ3) is 2.60. The maximum atomic E-state index is 10.5. The van der Waals surface area contributed by atoms with Gasteiger partial charge in [0, 0.05) is 32.5 Å². The maximum absolute atomic E-state index is 10.5. The van der Waals surface area contributed by atoms with E-state index in [-0.39, 0.29) is 6.42 Å². The Morgan fingerprint density at radius 1 is 1.50 bits per heavy atom. The van der Waals surface area contributed by atoms with Crippen molar-refractivity contribution in [2.75, 3.05) is 18.5 Å². The van der Waals surface area contributed by atoms with E-state index in [2.05, 4.69) is 4.98 Å². The summed E-state index contributed by atoms with van der Waals surface area (Å²) in [5.41, 5.74) is 8.16. The van der Waals surface area contributed by atoms with Gasteiger partial charge < -0.3 is 20.1 Å². The summed E-state index contributed by atoms with van der Waals surface area (Å²) in [7, 11) is 1.87. The largest absolute Gasteiger partial charge is 0.481 e. The first kappa shape index (κ1) is 12.4. The SMILES string of the molecule is CN(CCC(=O)O)c1ccc2nc(CN)cn2c1. The number of nitrogens with two attached hydrogens (primary N) is 1. The van der Waals surface area contributed by atoms with Gasteiger partial charge in [-0.2, -0.15) is 0 Å². The Balaban J connectivity index is 2.20. The molecule has 2 heterocycles. The van der Waals surface area contributed by atoms with Gasteiger partial charge in [-0.15, -0.1) is 0 Å². The molecular formula is C12H16N4O2. The normalized spacial score (nSPS) is 10.8. The lowest BCUT2D eigenvalue weighted by atomic mass is 10.3. The van der Waals surface area contributed by atoms with E-state index >= 15 is 0 Å². The molecule has 2 aromatic heterocycles.